The molecule has 0 unspecified atom stereocenters. The van der Waals surface area contributed by atoms with E-state index in [9.17, 15) is 14.7 Å². The molecule has 0 radical (unpaired) electrons. The molecule has 37 heavy (non-hydrogen) atoms. The molecule has 1 N–H and O–H groups in total. The Hall–Kier alpha value is -3.22. The Balaban J connectivity index is 1.42. The lowest BCUT2D eigenvalue weighted by Crippen LogP contribution is -2.35. The Morgan fingerprint density at radius 3 is 2.57 bits per heavy atom. The van der Waals surface area contributed by atoms with E-state index in [1.165, 1.54) is 4.90 Å². The highest BCUT2D eigenvalue weighted by atomic mass is 16.5. The van der Waals surface area contributed by atoms with Gasteiger partial charge in [0.15, 0.2) is 0 Å². The molecule has 2 amide bonds. The summed E-state index contributed by atoms with van der Waals surface area (Å²) in [5, 5.41) is 10.4. The van der Waals surface area contributed by atoms with Crippen LogP contribution in [0.1, 0.15) is 43.7 Å². The highest BCUT2D eigenvalue weighted by Crippen LogP contribution is 2.50. The molecule has 0 aromatic heterocycles. The summed E-state index contributed by atoms with van der Waals surface area (Å²) in [6, 6.07) is 17.5. The van der Waals surface area contributed by atoms with Crippen molar-refractivity contribution >= 4 is 23.5 Å². The molecule has 2 aromatic rings. The minimum Gasteiger partial charge on any atom is -0.507 e. The van der Waals surface area contributed by atoms with E-state index in [4.69, 9.17) is 9.47 Å². The average molecular weight is 502 g/mol. The molecule has 3 aliphatic rings. The van der Waals surface area contributed by atoms with Crippen molar-refractivity contribution in [2.75, 3.05) is 26.9 Å². The molecule has 0 spiro atoms. The molecule has 2 aromatic carbocycles. The van der Waals surface area contributed by atoms with Crippen LogP contribution >= 0.6 is 0 Å². The molecule has 6 nitrogen and oxygen atoms in total. The molecule has 2 saturated heterocycles. The molecule has 0 saturated carbocycles. The van der Waals surface area contributed by atoms with Gasteiger partial charge in [-0.15, -0.1) is 0 Å². The first-order valence-electron chi connectivity index (χ1n) is 13.2. The van der Waals surface area contributed by atoms with Crippen molar-refractivity contribution in [3.63, 3.8) is 0 Å². The first kappa shape index (κ1) is 25.4. The topological polar surface area (TPSA) is 76.1 Å². The summed E-state index contributed by atoms with van der Waals surface area (Å²) in [7, 11) is 1.67. The number of amides is 2. The highest BCUT2D eigenvalue weighted by molar-refractivity contribution is 6.06. The van der Waals surface area contributed by atoms with E-state index in [-0.39, 0.29) is 41.4 Å². The second-order valence-corrected chi connectivity index (χ2v) is 10.2. The maximum absolute atomic E-state index is 13.3. The van der Waals surface area contributed by atoms with Crippen LogP contribution in [-0.4, -0.2) is 54.8 Å². The van der Waals surface area contributed by atoms with Crippen molar-refractivity contribution in [1.29, 1.82) is 0 Å². The molecule has 2 heterocycles. The lowest BCUT2D eigenvalue weighted by molar-refractivity contribution is -0.140. The molecule has 6 heteroatoms. The largest absolute Gasteiger partial charge is 0.507 e. The molecule has 2 fully saturated rings. The third kappa shape index (κ3) is 4.88. The molecule has 5 rings (SSSR count). The predicted octanol–water partition coefficient (Wildman–Crippen LogP) is 5.09. The molecule has 4 atom stereocenters. The standard InChI is InChI=1S/C31H35NO5/c1-3-15-32-30(34)24-17-23(18-36-2)28-25(29(24)31(32)35)19-37-27(28)14-13-21(20-9-5-4-6-10-20)16-22-11-7-8-12-26(22)33/h4-12,16,24-25,27,29,33H,3,13-15,17-19H2,1-2H3/b21-16-/t24-,25+,27-,29-/m1/s1. The summed E-state index contributed by atoms with van der Waals surface area (Å²) < 4.78 is 11.9. The molecule has 2 aliphatic heterocycles. The van der Waals surface area contributed by atoms with E-state index in [1.807, 2.05) is 49.4 Å². The van der Waals surface area contributed by atoms with Gasteiger partial charge in [-0.1, -0.05) is 55.5 Å². The minimum absolute atomic E-state index is 0.0371. The number of nitrogens with zero attached hydrogens (tertiary/aromatic N) is 1. The van der Waals surface area contributed by atoms with Crippen LogP contribution in [0.3, 0.4) is 0 Å². The van der Waals surface area contributed by atoms with E-state index < -0.39 is 0 Å². The van der Waals surface area contributed by atoms with Crippen molar-refractivity contribution < 1.29 is 24.2 Å². The fraction of sp³-hybridized carbons (Fsp3) is 0.419. The van der Waals surface area contributed by atoms with Gasteiger partial charge in [-0.05, 0) is 60.1 Å². The maximum Gasteiger partial charge on any atom is 0.233 e. The molecular formula is C31H35NO5. The SMILES string of the molecule is CCCN1C(=O)[C@@H]2[C@@H](CC(COC)=C3[C@@H](CC/C(=C/c4ccccc4O)c4ccccc4)OC[C@@H]32)C1=O. The van der Waals surface area contributed by atoms with Gasteiger partial charge in [0.2, 0.25) is 11.8 Å². The smallest absolute Gasteiger partial charge is 0.233 e. The monoisotopic (exact) mass is 501 g/mol. The van der Waals surface area contributed by atoms with Gasteiger partial charge < -0.3 is 14.6 Å². The van der Waals surface area contributed by atoms with Crippen molar-refractivity contribution in [3.05, 3.63) is 76.9 Å². The number of allylic oxidation sites excluding steroid dienone is 1. The number of hydrogen-bond donors (Lipinski definition) is 1. The van der Waals surface area contributed by atoms with Crippen LogP contribution in [0.2, 0.25) is 0 Å². The van der Waals surface area contributed by atoms with Crippen LogP contribution in [0.4, 0.5) is 0 Å². The van der Waals surface area contributed by atoms with Crippen LogP contribution in [0.25, 0.3) is 11.6 Å². The number of likely N-dealkylation sites (tertiary alicyclic amines) is 1. The number of hydrogen-bond acceptors (Lipinski definition) is 5. The molecule has 194 valence electrons. The first-order chi connectivity index (χ1) is 18.0. The maximum atomic E-state index is 13.3. The Bertz CT molecular complexity index is 1220. The number of methoxy groups -OCH3 is 1. The predicted molar refractivity (Wildman–Crippen MR) is 142 cm³/mol. The summed E-state index contributed by atoms with van der Waals surface area (Å²) in [6.45, 7) is 3.37. The van der Waals surface area contributed by atoms with Gasteiger partial charge in [-0.3, -0.25) is 14.5 Å². The summed E-state index contributed by atoms with van der Waals surface area (Å²) >= 11 is 0. The summed E-state index contributed by atoms with van der Waals surface area (Å²) in [5.74, 6) is -0.535. The first-order valence-corrected chi connectivity index (χ1v) is 13.2. The number of fused-ring (bicyclic) bond motifs is 3. The van der Waals surface area contributed by atoms with Gasteiger partial charge in [0.1, 0.15) is 5.75 Å². The Kier molecular flexibility index (Phi) is 7.58. The van der Waals surface area contributed by atoms with Crippen LogP contribution in [0.15, 0.2) is 65.7 Å². The highest BCUT2D eigenvalue weighted by Gasteiger charge is 2.56. The van der Waals surface area contributed by atoms with Crippen LogP contribution < -0.4 is 0 Å². The van der Waals surface area contributed by atoms with Gasteiger partial charge in [0.05, 0.1) is 31.2 Å². The number of para-hydroxylation sites is 1. The number of phenolic OH excluding ortho intramolecular Hbond substituents is 1. The Labute approximate surface area is 218 Å². The second kappa shape index (κ2) is 11.0. The average Bonchev–Trinajstić information content (AvgIpc) is 3.43. The van der Waals surface area contributed by atoms with E-state index in [0.717, 1.165) is 47.1 Å². The van der Waals surface area contributed by atoms with Crippen LogP contribution in [-0.2, 0) is 19.1 Å². The third-order valence-electron chi connectivity index (χ3n) is 7.95. The fourth-order valence-corrected chi connectivity index (χ4v) is 6.32. The van der Waals surface area contributed by atoms with Gasteiger partial charge in [-0.25, -0.2) is 0 Å². The lowest BCUT2D eigenvalue weighted by atomic mass is 9.69. The van der Waals surface area contributed by atoms with Gasteiger partial charge in [0.25, 0.3) is 0 Å². The van der Waals surface area contributed by atoms with E-state index in [1.54, 1.807) is 13.2 Å². The van der Waals surface area contributed by atoms with Gasteiger partial charge in [0, 0.05) is 25.1 Å². The van der Waals surface area contributed by atoms with E-state index in [2.05, 4.69) is 12.1 Å². The minimum atomic E-state index is -0.329. The van der Waals surface area contributed by atoms with Crippen molar-refractivity contribution in [3.8, 4) is 5.75 Å². The fourth-order valence-electron chi connectivity index (χ4n) is 6.32. The number of phenols is 1. The van der Waals surface area contributed by atoms with Crippen LogP contribution in [0.5, 0.6) is 5.75 Å². The third-order valence-corrected chi connectivity index (χ3v) is 7.95. The molecule has 1 aliphatic carbocycles. The number of ether oxygens (including phenoxy) is 2. The lowest BCUT2D eigenvalue weighted by Gasteiger charge is -2.31. The molecular weight excluding hydrogens is 466 g/mol. The number of imide groups is 1. The number of carbonyl (C=O) groups is 2. The summed E-state index contributed by atoms with van der Waals surface area (Å²) in [5.41, 5.74) is 5.26. The van der Waals surface area contributed by atoms with E-state index >= 15 is 0 Å². The number of benzene rings is 2. The van der Waals surface area contributed by atoms with Crippen molar-refractivity contribution in [2.24, 2.45) is 17.8 Å². The number of aromatic hydroxyl groups is 1. The zero-order chi connectivity index (χ0) is 25.9. The Morgan fingerprint density at radius 2 is 1.84 bits per heavy atom. The summed E-state index contributed by atoms with van der Waals surface area (Å²) in [4.78, 5) is 27.9. The quantitative estimate of drug-likeness (QED) is 0.294. The van der Waals surface area contributed by atoms with E-state index in [0.29, 0.717) is 26.2 Å². The van der Waals surface area contributed by atoms with Crippen LogP contribution in [0, 0.1) is 17.8 Å². The van der Waals surface area contributed by atoms with Crippen molar-refractivity contribution in [2.45, 2.75) is 38.7 Å². The number of rotatable bonds is 9. The normalized spacial score (nSPS) is 25.6. The number of carbonyl (C=O) groups excluding carboxylic acids is 2. The van der Waals surface area contributed by atoms with Gasteiger partial charge in [-0.2, -0.15) is 0 Å². The van der Waals surface area contributed by atoms with Gasteiger partial charge >= 0.3 is 0 Å². The van der Waals surface area contributed by atoms with Crippen molar-refractivity contribution in [1.82, 2.24) is 4.90 Å². The Morgan fingerprint density at radius 1 is 1.08 bits per heavy atom. The molecule has 0 bridgehead atoms. The second-order valence-electron chi connectivity index (χ2n) is 10.2. The zero-order valence-corrected chi connectivity index (χ0v) is 21.6. The summed E-state index contributed by atoms with van der Waals surface area (Å²) in [6.07, 6.45) is 4.72. The zero-order valence-electron chi connectivity index (χ0n) is 21.6.